The van der Waals surface area contributed by atoms with Gasteiger partial charge in [-0.3, -0.25) is 4.79 Å². The van der Waals surface area contributed by atoms with E-state index in [1.807, 2.05) is 73.8 Å². The van der Waals surface area contributed by atoms with Gasteiger partial charge in [-0.05, 0) is 102 Å². The molecule has 4 unspecified atom stereocenters. The number of rotatable bonds is 23. The van der Waals surface area contributed by atoms with Crippen LogP contribution in [-0.2, 0) is 28.9 Å². The van der Waals surface area contributed by atoms with E-state index in [0.29, 0.717) is 19.4 Å². The lowest BCUT2D eigenvalue weighted by atomic mass is 9.80. The highest BCUT2D eigenvalue weighted by atomic mass is 31.2. The summed E-state index contributed by atoms with van der Waals surface area (Å²) in [5.74, 6) is 1.48. The molecule has 1 amide bonds. The molecule has 2 N–H and O–H groups in total. The maximum absolute atomic E-state index is 13.1. The number of carbonyl (C=O) groups is 1. The predicted octanol–water partition coefficient (Wildman–Crippen LogP) is 7.73. The average Bonchev–Trinajstić information content (AvgIpc) is 3.19. The second-order valence-electron chi connectivity index (χ2n) is 14.3. The first kappa shape index (κ1) is 44.1. The Morgan fingerprint density at radius 3 is 2.05 bits per heavy atom. The predicted molar refractivity (Wildman–Crippen MR) is 217 cm³/mol. The minimum absolute atomic E-state index is 0.00661. The van der Waals surface area contributed by atoms with E-state index >= 15 is 0 Å². The van der Waals surface area contributed by atoms with E-state index in [4.69, 9.17) is 28.0 Å². The summed E-state index contributed by atoms with van der Waals surface area (Å²) in [7, 11) is 3.64. The van der Waals surface area contributed by atoms with Crippen LogP contribution in [0.5, 0.6) is 11.5 Å². The van der Waals surface area contributed by atoms with E-state index in [-0.39, 0.29) is 43.7 Å². The number of ether oxygens (including phenoxy) is 4. The van der Waals surface area contributed by atoms with Crippen molar-refractivity contribution < 1.29 is 32.8 Å². The molecule has 55 heavy (non-hydrogen) atoms. The lowest BCUT2D eigenvalue weighted by Crippen LogP contribution is -2.52. The van der Waals surface area contributed by atoms with Crippen molar-refractivity contribution in [3.05, 3.63) is 95.6 Å². The summed E-state index contributed by atoms with van der Waals surface area (Å²) in [4.78, 5) is 13.1. The van der Waals surface area contributed by atoms with Gasteiger partial charge in [-0.1, -0.05) is 61.0 Å². The molecule has 12 heteroatoms. The van der Waals surface area contributed by atoms with Crippen molar-refractivity contribution in [3.8, 4) is 17.6 Å². The minimum atomic E-state index is -1.60. The summed E-state index contributed by atoms with van der Waals surface area (Å²) < 4.78 is 40.5. The molecule has 1 aliphatic rings. The third-order valence-corrected chi connectivity index (χ3v) is 11.8. The monoisotopic (exact) mass is 776 g/mol. The van der Waals surface area contributed by atoms with Crippen LogP contribution >= 0.6 is 8.53 Å². The smallest absolute Gasteiger partial charge is 0.259 e. The number of methoxy groups -OCH3 is 2. The maximum atomic E-state index is 13.1. The molecule has 0 aromatic heterocycles. The molecule has 0 saturated carbocycles. The molecular weight excluding hydrogens is 715 g/mol. The normalized spacial score (nSPS) is 17.9. The molecule has 300 valence electrons. The number of amides is 1. The number of benzene rings is 3. The van der Waals surface area contributed by atoms with Gasteiger partial charge < -0.3 is 38.6 Å². The van der Waals surface area contributed by atoms with Gasteiger partial charge in [-0.25, -0.2) is 4.67 Å². The molecule has 0 aliphatic carbocycles. The topological polar surface area (TPSA) is 124 Å². The zero-order chi connectivity index (χ0) is 39.6. The van der Waals surface area contributed by atoms with Crippen molar-refractivity contribution in [1.82, 2.24) is 15.3 Å². The molecule has 1 fully saturated rings. The Hall–Kier alpha value is -3.59. The third kappa shape index (κ3) is 12.5. The summed E-state index contributed by atoms with van der Waals surface area (Å²) in [5.41, 5.74) is 1.70. The molecule has 0 bridgehead atoms. The summed E-state index contributed by atoms with van der Waals surface area (Å²) in [6, 6.07) is 28.2. The molecule has 3 aromatic rings. The highest BCUT2D eigenvalue weighted by Gasteiger charge is 2.43. The summed E-state index contributed by atoms with van der Waals surface area (Å²) in [6.07, 6.45) is 3.04. The van der Waals surface area contributed by atoms with E-state index in [1.165, 1.54) is 0 Å². The van der Waals surface area contributed by atoms with Crippen LogP contribution in [0, 0.1) is 11.3 Å². The first-order valence-electron chi connectivity index (χ1n) is 19.5. The largest absolute Gasteiger partial charge is 0.497 e. The van der Waals surface area contributed by atoms with Gasteiger partial charge in [0.15, 0.2) is 0 Å². The fourth-order valence-electron chi connectivity index (χ4n) is 6.97. The van der Waals surface area contributed by atoms with Gasteiger partial charge in [0, 0.05) is 18.5 Å². The van der Waals surface area contributed by atoms with Gasteiger partial charge >= 0.3 is 0 Å². The fraction of sp³-hybridized carbons (Fsp3) is 0.535. The van der Waals surface area contributed by atoms with Crippen molar-refractivity contribution in [2.45, 2.75) is 102 Å². The quantitative estimate of drug-likeness (QED) is 0.0562. The van der Waals surface area contributed by atoms with Crippen LogP contribution in [0.25, 0.3) is 0 Å². The van der Waals surface area contributed by atoms with Crippen LogP contribution in [-0.4, -0.2) is 88.5 Å². The van der Waals surface area contributed by atoms with Crippen molar-refractivity contribution in [1.29, 1.82) is 5.26 Å². The SMILES string of the molecule is CNCCCCCC(=O)NC1COC(COC(c2ccccc2)(c2ccc(OC)cc2)c2ccc(OC)cc2)C(OP(OCCC#N)N(C(C)C)C(C)C)C1. The molecule has 11 nitrogen and oxygen atoms in total. The van der Waals surface area contributed by atoms with E-state index in [0.717, 1.165) is 54.0 Å². The van der Waals surface area contributed by atoms with E-state index in [1.54, 1.807) is 14.2 Å². The number of unbranched alkanes of at least 4 members (excludes halogenated alkanes) is 2. The second-order valence-corrected chi connectivity index (χ2v) is 15.7. The first-order valence-corrected chi connectivity index (χ1v) is 20.6. The van der Waals surface area contributed by atoms with E-state index in [9.17, 15) is 10.1 Å². The fourth-order valence-corrected chi connectivity index (χ4v) is 8.73. The molecular formula is C43H61N4O7P. The Kier molecular flexibility index (Phi) is 18.3. The molecule has 1 saturated heterocycles. The number of nitrogens with zero attached hydrogens (tertiary/aromatic N) is 2. The van der Waals surface area contributed by atoms with E-state index in [2.05, 4.69) is 61.2 Å². The zero-order valence-electron chi connectivity index (χ0n) is 33.7. The van der Waals surface area contributed by atoms with Crippen molar-refractivity contribution in [3.63, 3.8) is 0 Å². The molecule has 3 aromatic carbocycles. The third-order valence-electron chi connectivity index (χ3n) is 9.66. The Bertz CT molecular complexity index is 1530. The lowest BCUT2D eigenvalue weighted by Gasteiger charge is -2.43. The van der Waals surface area contributed by atoms with Crippen LogP contribution in [0.15, 0.2) is 78.9 Å². The van der Waals surface area contributed by atoms with Gasteiger partial charge in [-0.15, -0.1) is 0 Å². The van der Waals surface area contributed by atoms with E-state index < -0.39 is 26.3 Å². The van der Waals surface area contributed by atoms with Crippen LogP contribution < -0.4 is 20.1 Å². The summed E-state index contributed by atoms with van der Waals surface area (Å²) >= 11 is 0. The molecule has 1 aliphatic heterocycles. The Morgan fingerprint density at radius 1 is 0.909 bits per heavy atom. The maximum Gasteiger partial charge on any atom is 0.259 e. The van der Waals surface area contributed by atoms with Gasteiger partial charge in [0.1, 0.15) is 23.2 Å². The minimum Gasteiger partial charge on any atom is -0.497 e. The highest BCUT2D eigenvalue weighted by molar-refractivity contribution is 7.44. The standard InChI is InChI=1S/C43H61N4O7P/c1-32(2)47(33(3)4)55(53-28-14-26-44)54-40-29-37(46-42(48)17-12-9-13-27-45-5)30-51-41(40)31-52-43(34-15-10-8-11-16-34,35-18-22-38(49-6)23-19-35)36-20-24-39(50-7)25-21-36/h8,10-11,15-16,18-25,32-33,37,40-41,45H,9,12-14,17,27-31H2,1-7H3,(H,46,48). The van der Waals surface area contributed by atoms with Crippen LogP contribution in [0.1, 0.15) is 82.9 Å². The van der Waals surface area contributed by atoms with Crippen LogP contribution in [0.2, 0.25) is 0 Å². The van der Waals surface area contributed by atoms with Crippen LogP contribution in [0.3, 0.4) is 0 Å². The number of hydrogen-bond donors (Lipinski definition) is 2. The van der Waals surface area contributed by atoms with Gasteiger partial charge in [-0.2, -0.15) is 5.26 Å². The molecule has 4 atom stereocenters. The molecule has 4 rings (SSSR count). The molecule has 1 heterocycles. The van der Waals surface area contributed by atoms with Crippen molar-refractivity contribution in [2.24, 2.45) is 0 Å². The van der Waals surface area contributed by atoms with Gasteiger partial charge in [0.2, 0.25) is 5.91 Å². The van der Waals surface area contributed by atoms with Gasteiger partial charge in [0.25, 0.3) is 8.53 Å². The van der Waals surface area contributed by atoms with Crippen molar-refractivity contribution >= 4 is 14.4 Å². The highest BCUT2D eigenvalue weighted by Crippen LogP contribution is 2.49. The summed E-state index contributed by atoms with van der Waals surface area (Å²) in [6.45, 7) is 10.1. The zero-order valence-corrected chi connectivity index (χ0v) is 34.6. The average molecular weight is 777 g/mol. The number of hydrogen-bond acceptors (Lipinski definition) is 10. The van der Waals surface area contributed by atoms with Crippen LogP contribution in [0.4, 0.5) is 0 Å². The first-order chi connectivity index (χ1) is 26.7. The Morgan fingerprint density at radius 2 is 1.51 bits per heavy atom. The Labute approximate surface area is 329 Å². The van der Waals surface area contributed by atoms with Crippen molar-refractivity contribution in [2.75, 3.05) is 47.6 Å². The molecule has 0 spiro atoms. The molecule has 0 radical (unpaired) electrons. The number of nitriles is 1. The van der Waals surface area contributed by atoms with Gasteiger partial charge in [0.05, 0.1) is 58.7 Å². The second kappa shape index (κ2) is 22.8. The number of carbonyl (C=O) groups excluding carboxylic acids is 1. The Balaban J connectivity index is 1.71. The lowest BCUT2D eigenvalue weighted by molar-refractivity contribution is -0.138. The summed E-state index contributed by atoms with van der Waals surface area (Å²) in [5, 5.41) is 15.7. The number of nitrogens with one attached hydrogen (secondary N) is 2.